The highest BCUT2D eigenvalue weighted by Gasteiger charge is 2.27. The van der Waals surface area contributed by atoms with Gasteiger partial charge in [-0.1, -0.05) is 49.4 Å². The number of hydrogen-bond acceptors (Lipinski definition) is 4. The van der Waals surface area contributed by atoms with Crippen LogP contribution in [0.2, 0.25) is 0 Å². The van der Waals surface area contributed by atoms with Crippen LogP contribution in [-0.4, -0.2) is 23.7 Å². The molecule has 0 saturated heterocycles. The lowest BCUT2D eigenvalue weighted by Gasteiger charge is -2.21. The Hall–Kier alpha value is -2.95. The molecule has 0 saturated carbocycles. The number of aryl methyl sites for hydroxylation is 1. The van der Waals surface area contributed by atoms with E-state index in [2.05, 4.69) is 22.5 Å². The summed E-state index contributed by atoms with van der Waals surface area (Å²) in [7, 11) is 0. The number of ketones is 1. The second kappa shape index (κ2) is 7.08. The number of rotatable bonds is 4. The largest absolute Gasteiger partial charge is 0.326 e. The molecule has 0 bridgehead atoms. The van der Waals surface area contributed by atoms with E-state index in [9.17, 15) is 9.59 Å². The molecule has 0 fully saturated rings. The molecule has 1 amide bonds. The number of hydrogen-bond donors (Lipinski definition) is 2. The molecule has 1 atom stereocenters. The van der Waals surface area contributed by atoms with Gasteiger partial charge < -0.3 is 5.32 Å². The maximum atomic E-state index is 12.5. The zero-order chi connectivity index (χ0) is 16.9. The van der Waals surface area contributed by atoms with Crippen molar-refractivity contribution >= 4 is 23.3 Å². The van der Waals surface area contributed by atoms with Gasteiger partial charge in [-0.15, -0.1) is 0 Å². The smallest absolute Gasteiger partial charge is 0.229 e. The van der Waals surface area contributed by atoms with Crippen LogP contribution in [0, 0.1) is 0 Å². The van der Waals surface area contributed by atoms with Crippen LogP contribution in [-0.2, 0) is 11.2 Å². The van der Waals surface area contributed by atoms with E-state index in [4.69, 9.17) is 0 Å². The fourth-order valence-electron chi connectivity index (χ4n) is 2.56. The molecular weight excluding hydrogens is 302 g/mol. The maximum Gasteiger partial charge on any atom is 0.229 e. The summed E-state index contributed by atoms with van der Waals surface area (Å²) in [4.78, 5) is 28.8. The van der Waals surface area contributed by atoms with Crippen LogP contribution in [0.5, 0.6) is 0 Å². The minimum absolute atomic E-state index is 0.0632. The van der Waals surface area contributed by atoms with E-state index in [1.807, 2.05) is 30.3 Å². The van der Waals surface area contributed by atoms with Gasteiger partial charge in [-0.05, 0) is 24.1 Å². The molecule has 5 nitrogen and oxygen atoms in total. The summed E-state index contributed by atoms with van der Waals surface area (Å²) in [5.74, 6) is -0.0529. The molecule has 2 aromatic carbocycles. The summed E-state index contributed by atoms with van der Waals surface area (Å²) in [6.45, 7) is 2.09. The Labute approximate surface area is 140 Å². The number of guanidine groups is 1. The molecule has 0 spiro atoms. The number of amides is 1. The van der Waals surface area contributed by atoms with Gasteiger partial charge in [0.15, 0.2) is 5.78 Å². The Morgan fingerprint density at radius 3 is 2.54 bits per heavy atom. The monoisotopic (exact) mass is 321 g/mol. The van der Waals surface area contributed by atoms with Gasteiger partial charge in [0, 0.05) is 11.3 Å². The summed E-state index contributed by atoms with van der Waals surface area (Å²) < 4.78 is 0. The molecule has 24 heavy (non-hydrogen) atoms. The molecular formula is C19H19N3O2. The molecule has 0 radical (unpaired) electrons. The first-order valence-corrected chi connectivity index (χ1v) is 7.98. The molecule has 1 aliphatic heterocycles. The van der Waals surface area contributed by atoms with Crippen molar-refractivity contribution in [2.75, 3.05) is 5.32 Å². The fourth-order valence-corrected chi connectivity index (χ4v) is 2.56. The zero-order valence-electron chi connectivity index (χ0n) is 13.5. The van der Waals surface area contributed by atoms with Crippen molar-refractivity contribution in [2.45, 2.75) is 25.8 Å². The highest BCUT2D eigenvalue weighted by Crippen LogP contribution is 2.14. The van der Waals surface area contributed by atoms with Crippen molar-refractivity contribution in [2.24, 2.45) is 4.99 Å². The summed E-state index contributed by atoms with van der Waals surface area (Å²) >= 11 is 0. The highest BCUT2D eigenvalue weighted by atomic mass is 16.2. The number of aliphatic imine (C=N–C) groups is 1. The molecule has 0 aliphatic carbocycles. The third-order valence-electron chi connectivity index (χ3n) is 3.91. The van der Waals surface area contributed by atoms with E-state index in [1.54, 1.807) is 24.3 Å². The molecule has 122 valence electrons. The summed E-state index contributed by atoms with van der Waals surface area (Å²) in [5.41, 5.74) is 2.61. The van der Waals surface area contributed by atoms with Crippen molar-refractivity contribution in [3.63, 3.8) is 0 Å². The van der Waals surface area contributed by atoms with Gasteiger partial charge in [0.1, 0.15) is 6.04 Å². The molecule has 2 N–H and O–H groups in total. The van der Waals surface area contributed by atoms with Gasteiger partial charge in [-0.3, -0.25) is 14.9 Å². The molecule has 3 rings (SSSR count). The van der Waals surface area contributed by atoms with Crippen LogP contribution in [0.25, 0.3) is 0 Å². The lowest BCUT2D eigenvalue weighted by atomic mass is 10.0. The van der Waals surface area contributed by atoms with Crippen LogP contribution >= 0.6 is 0 Å². The van der Waals surface area contributed by atoms with Gasteiger partial charge in [0.2, 0.25) is 11.9 Å². The van der Waals surface area contributed by atoms with E-state index >= 15 is 0 Å². The SMILES string of the molecule is CCc1ccc(NC2=N[C@@H](C(=O)c3ccccc3)CC(=O)N2)cc1. The van der Waals surface area contributed by atoms with E-state index in [1.165, 1.54) is 5.56 Å². The van der Waals surface area contributed by atoms with Gasteiger partial charge in [-0.2, -0.15) is 0 Å². The highest BCUT2D eigenvalue weighted by molar-refractivity contribution is 6.11. The van der Waals surface area contributed by atoms with Crippen LogP contribution < -0.4 is 10.6 Å². The first-order chi connectivity index (χ1) is 11.7. The quantitative estimate of drug-likeness (QED) is 0.851. The Balaban J connectivity index is 1.78. The Bertz CT molecular complexity index is 767. The van der Waals surface area contributed by atoms with Crippen molar-refractivity contribution in [1.29, 1.82) is 0 Å². The Kier molecular flexibility index (Phi) is 4.70. The average molecular weight is 321 g/mol. The van der Waals surface area contributed by atoms with Crippen LogP contribution in [0.1, 0.15) is 29.3 Å². The minimum atomic E-state index is -0.696. The maximum absolute atomic E-state index is 12.5. The van der Waals surface area contributed by atoms with E-state index in [0.717, 1.165) is 12.1 Å². The number of Topliss-reactive ketones (excluding diaryl/α,β-unsaturated/α-hetero) is 1. The molecule has 5 heteroatoms. The fraction of sp³-hybridized carbons (Fsp3) is 0.211. The number of benzene rings is 2. The van der Waals surface area contributed by atoms with Crippen molar-refractivity contribution in [1.82, 2.24) is 5.32 Å². The predicted molar refractivity (Wildman–Crippen MR) is 94.2 cm³/mol. The van der Waals surface area contributed by atoms with Crippen LogP contribution in [0.4, 0.5) is 5.69 Å². The average Bonchev–Trinajstić information content (AvgIpc) is 2.62. The molecule has 1 heterocycles. The van der Waals surface area contributed by atoms with Crippen LogP contribution in [0.3, 0.4) is 0 Å². The third kappa shape index (κ3) is 3.68. The van der Waals surface area contributed by atoms with Gasteiger partial charge in [0.25, 0.3) is 0 Å². The standard InChI is InChI=1S/C19H19N3O2/c1-2-13-8-10-15(11-9-13)20-19-21-16(12-17(23)22-19)18(24)14-6-4-3-5-7-14/h3-11,16H,2,12H2,1H3,(H2,20,21,22,23)/t16-/m1/s1. The Morgan fingerprint density at radius 1 is 1.17 bits per heavy atom. The lowest BCUT2D eigenvalue weighted by molar-refractivity contribution is -0.120. The van der Waals surface area contributed by atoms with Gasteiger partial charge in [-0.25, -0.2) is 4.99 Å². The molecule has 1 aliphatic rings. The number of nitrogens with one attached hydrogen (secondary N) is 2. The van der Waals surface area contributed by atoms with E-state index in [-0.39, 0.29) is 18.1 Å². The van der Waals surface area contributed by atoms with Gasteiger partial charge in [0.05, 0.1) is 6.42 Å². The minimum Gasteiger partial charge on any atom is -0.326 e. The van der Waals surface area contributed by atoms with E-state index < -0.39 is 6.04 Å². The summed E-state index contributed by atoms with van der Waals surface area (Å²) in [6, 6.07) is 16.1. The zero-order valence-corrected chi connectivity index (χ0v) is 13.5. The molecule has 0 unspecified atom stereocenters. The van der Waals surface area contributed by atoms with Gasteiger partial charge >= 0.3 is 0 Å². The predicted octanol–water partition coefficient (Wildman–Crippen LogP) is 2.79. The summed E-state index contributed by atoms with van der Waals surface area (Å²) in [5, 5.41) is 5.74. The van der Waals surface area contributed by atoms with Crippen LogP contribution in [0.15, 0.2) is 59.6 Å². The number of anilines is 1. The molecule has 2 aromatic rings. The van der Waals surface area contributed by atoms with E-state index in [0.29, 0.717) is 11.5 Å². The second-order valence-electron chi connectivity index (χ2n) is 5.65. The first-order valence-electron chi connectivity index (χ1n) is 7.98. The molecule has 0 aromatic heterocycles. The van der Waals surface area contributed by atoms with Crippen molar-refractivity contribution in [3.8, 4) is 0 Å². The third-order valence-corrected chi connectivity index (χ3v) is 3.91. The second-order valence-corrected chi connectivity index (χ2v) is 5.65. The normalized spacial score (nSPS) is 17.0. The van der Waals surface area contributed by atoms with Crippen molar-refractivity contribution in [3.05, 3.63) is 65.7 Å². The Morgan fingerprint density at radius 2 is 1.88 bits per heavy atom. The lowest BCUT2D eigenvalue weighted by Crippen LogP contribution is -2.44. The van der Waals surface area contributed by atoms with Crippen molar-refractivity contribution < 1.29 is 9.59 Å². The number of carbonyl (C=O) groups is 2. The number of nitrogens with zero attached hydrogens (tertiary/aromatic N) is 1. The number of carbonyl (C=O) groups excluding carboxylic acids is 2. The first kappa shape index (κ1) is 15.9. The summed E-state index contributed by atoms with van der Waals surface area (Å²) in [6.07, 6.45) is 1.03. The topological polar surface area (TPSA) is 70.6 Å².